The Labute approximate surface area is 188 Å². The summed E-state index contributed by atoms with van der Waals surface area (Å²) >= 11 is 0. The van der Waals surface area contributed by atoms with E-state index in [0.29, 0.717) is 22.6 Å². The number of nitrogens with one attached hydrogen (secondary N) is 2. The topological polar surface area (TPSA) is 141 Å². The monoisotopic (exact) mass is 450 g/mol. The van der Waals surface area contributed by atoms with Crippen LogP contribution in [0.25, 0.3) is 5.82 Å². The second-order valence-corrected chi connectivity index (χ2v) is 8.50. The zero-order valence-corrected chi connectivity index (χ0v) is 18.2. The number of ketones is 1. The summed E-state index contributed by atoms with van der Waals surface area (Å²) in [6.07, 6.45) is 2.74. The third-order valence-electron chi connectivity index (χ3n) is 4.87. The molecule has 0 bridgehead atoms. The quantitative estimate of drug-likeness (QED) is 0.438. The number of nitrogens with zero attached hydrogens (tertiary/aromatic N) is 4. The minimum atomic E-state index is -0.657. The highest BCUT2D eigenvalue weighted by Gasteiger charge is 2.32. The van der Waals surface area contributed by atoms with Gasteiger partial charge in [0, 0.05) is 36.1 Å². The highest BCUT2D eigenvalue weighted by molar-refractivity contribution is 6.02. The Morgan fingerprint density at radius 1 is 1.27 bits per heavy atom. The first kappa shape index (κ1) is 21.9. The van der Waals surface area contributed by atoms with E-state index >= 15 is 0 Å². The largest absolute Gasteiger partial charge is 0.444 e. The van der Waals surface area contributed by atoms with Crippen molar-refractivity contribution >= 4 is 29.1 Å². The molecule has 11 heteroatoms. The summed E-state index contributed by atoms with van der Waals surface area (Å²) in [5.74, 6) is 0.260. The number of fused-ring (bicyclic) bond motifs is 1. The molecule has 11 nitrogen and oxygen atoms in total. The van der Waals surface area contributed by atoms with Crippen LogP contribution < -0.4 is 10.6 Å². The van der Waals surface area contributed by atoms with Crippen molar-refractivity contribution in [3.05, 3.63) is 70.0 Å². The van der Waals surface area contributed by atoms with Crippen LogP contribution in [-0.4, -0.2) is 37.2 Å². The van der Waals surface area contributed by atoms with Gasteiger partial charge < -0.3 is 15.4 Å². The zero-order chi connectivity index (χ0) is 23.8. The molecule has 0 saturated heterocycles. The molecule has 2 aromatic heterocycles. The van der Waals surface area contributed by atoms with Gasteiger partial charge in [0.25, 0.3) is 0 Å². The van der Waals surface area contributed by atoms with E-state index in [4.69, 9.17) is 4.74 Å². The van der Waals surface area contributed by atoms with E-state index < -0.39 is 22.7 Å². The predicted molar refractivity (Wildman–Crippen MR) is 119 cm³/mol. The molecule has 170 valence electrons. The number of alkyl carbamates (subject to hydrolysis) is 1. The van der Waals surface area contributed by atoms with E-state index in [1.54, 1.807) is 57.4 Å². The lowest BCUT2D eigenvalue weighted by Crippen LogP contribution is -2.34. The van der Waals surface area contributed by atoms with Gasteiger partial charge in [0.1, 0.15) is 5.60 Å². The molecule has 0 saturated carbocycles. The SMILES string of the molecule is CC(C)(C)OC(=O)N[C@H]1CC(=O)c2cc(Nc3nc(-n4cccn4)ccc3[N+](=O)[O-])ccc21. The molecular weight excluding hydrogens is 428 g/mol. The van der Waals surface area contributed by atoms with Crippen molar-refractivity contribution in [2.75, 3.05) is 5.32 Å². The molecule has 4 rings (SSSR count). The first-order chi connectivity index (χ1) is 15.6. The number of ether oxygens (including phenoxy) is 1. The first-order valence-corrected chi connectivity index (χ1v) is 10.2. The van der Waals surface area contributed by atoms with Crippen molar-refractivity contribution in [2.45, 2.75) is 38.8 Å². The van der Waals surface area contributed by atoms with E-state index in [2.05, 4.69) is 20.7 Å². The minimum Gasteiger partial charge on any atom is -0.444 e. The second-order valence-electron chi connectivity index (χ2n) is 8.50. The van der Waals surface area contributed by atoms with Crippen molar-refractivity contribution in [1.82, 2.24) is 20.1 Å². The molecule has 0 fully saturated rings. The Morgan fingerprint density at radius 3 is 2.73 bits per heavy atom. The second kappa shape index (κ2) is 8.34. The van der Waals surface area contributed by atoms with Crippen molar-refractivity contribution in [3.8, 4) is 5.82 Å². The Morgan fingerprint density at radius 2 is 2.06 bits per heavy atom. The molecule has 1 aromatic carbocycles. The van der Waals surface area contributed by atoms with Crippen LogP contribution in [0.4, 0.5) is 22.0 Å². The molecule has 0 radical (unpaired) electrons. The number of anilines is 2. The van der Waals surface area contributed by atoms with Gasteiger partial charge in [0.15, 0.2) is 11.6 Å². The number of hydrogen-bond acceptors (Lipinski definition) is 8. The zero-order valence-electron chi connectivity index (χ0n) is 18.2. The lowest BCUT2D eigenvalue weighted by Gasteiger charge is -2.22. The number of carbonyl (C=O) groups excluding carboxylic acids is 2. The van der Waals surface area contributed by atoms with Gasteiger partial charge in [0.2, 0.25) is 5.82 Å². The van der Waals surface area contributed by atoms with Crippen molar-refractivity contribution in [2.24, 2.45) is 0 Å². The summed E-state index contributed by atoms with van der Waals surface area (Å²) in [6.45, 7) is 5.27. The lowest BCUT2D eigenvalue weighted by molar-refractivity contribution is -0.384. The Hall–Kier alpha value is -4.28. The average molecular weight is 450 g/mol. The third-order valence-corrected chi connectivity index (χ3v) is 4.87. The van der Waals surface area contributed by atoms with E-state index in [1.165, 1.54) is 16.8 Å². The van der Waals surface area contributed by atoms with Gasteiger partial charge in [-0.2, -0.15) is 5.10 Å². The Bertz CT molecular complexity index is 1230. The lowest BCUT2D eigenvalue weighted by atomic mass is 10.1. The molecule has 0 spiro atoms. The fourth-order valence-corrected chi connectivity index (χ4v) is 3.51. The highest BCUT2D eigenvalue weighted by atomic mass is 16.6. The number of benzene rings is 1. The number of aromatic nitrogens is 3. The summed E-state index contributed by atoms with van der Waals surface area (Å²) in [5.41, 5.74) is 0.655. The van der Waals surface area contributed by atoms with Gasteiger partial charge >= 0.3 is 11.8 Å². The highest BCUT2D eigenvalue weighted by Crippen LogP contribution is 2.35. The first-order valence-electron chi connectivity index (χ1n) is 10.2. The average Bonchev–Trinajstić information content (AvgIpc) is 3.35. The molecule has 1 aliphatic carbocycles. The number of carbonyl (C=O) groups is 2. The number of pyridine rings is 1. The molecule has 33 heavy (non-hydrogen) atoms. The standard InChI is InChI=1S/C22H22N6O5/c1-22(2,3)33-21(30)25-16-12-18(29)15-11-13(5-6-14(15)16)24-20-17(28(31)32)7-8-19(26-20)27-10-4-9-23-27/h4-11,16H,12H2,1-3H3,(H,24,26)(H,25,30)/t16-/m0/s1. The van der Waals surface area contributed by atoms with Crippen LogP contribution >= 0.6 is 0 Å². The molecule has 3 aromatic rings. The summed E-state index contributed by atoms with van der Waals surface area (Å²) in [6, 6.07) is 9.01. The number of nitro groups is 1. The number of rotatable bonds is 5. The fraction of sp³-hybridized carbons (Fsp3) is 0.273. The number of amides is 1. The maximum Gasteiger partial charge on any atom is 0.408 e. The van der Waals surface area contributed by atoms with Crippen LogP contribution in [0.5, 0.6) is 0 Å². The van der Waals surface area contributed by atoms with E-state index in [0.717, 1.165) is 0 Å². The van der Waals surface area contributed by atoms with Crippen molar-refractivity contribution < 1.29 is 19.2 Å². The van der Waals surface area contributed by atoms with Gasteiger partial charge in [0.05, 0.1) is 11.0 Å². The smallest absolute Gasteiger partial charge is 0.408 e. The maximum atomic E-state index is 12.6. The Balaban J connectivity index is 1.59. The third kappa shape index (κ3) is 4.81. The van der Waals surface area contributed by atoms with Gasteiger partial charge in [-0.05, 0) is 50.6 Å². The summed E-state index contributed by atoms with van der Waals surface area (Å²) in [5, 5.41) is 21.2. The normalized spacial score (nSPS) is 15.1. The summed E-state index contributed by atoms with van der Waals surface area (Å²) < 4.78 is 6.76. The van der Waals surface area contributed by atoms with Crippen molar-refractivity contribution in [3.63, 3.8) is 0 Å². The fourth-order valence-electron chi connectivity index (χ4n) is 3.51. The van der Waals surface area contributed by atoms with Gasteiger partial charge in [-0.15, -0.1) is 0 Å². The van der Waals surface area contributed by atoms with Crippen LogP contribution in [0.1, 0.15) is 49.2 Å². The van der Waals surface area contributed by atoms with Gasteiger partial charge in [-0.3, -0.25) is 14.9 Å². The molecule has 1 atom stereocenters. The van der Waals surface area contributed by atoms with Crippen LogP contribution in [0.15, 0.2) is 48.8 Å². The summed E-state index contributed by atoms with van der Waals surface area (Å²) in [7, 11) is 0. The molecule has 2 heterocycles. The van der Waals surface area contributed by atoms with Crippen LogP contribution in [-0.2, 0) is 4.74 Å². The molecular formula is C22H22N6O5. The maximum absolute atomic E-state index is 12.6. The van der Waals surface area contributed by atoms with E-state index in [1.807, 2.05) is 0 Å². The molecule has 0 aliphatic heterocycles. The Kier molecular flexibility index (Phi) is 5.54. The number of Topliss-reactive ketones (excluding diaryl/α,β-unsaturated/α-hetero) is 1. The number of hydrogen-bond donors (Lipinski definition) is 2. The van der Waals surface area contributed by atoms with Crippen LogP contribution in [0.3, 0.4) is 0 Å². The van der Waals surface area contributed by atoms with Crippen LogP contribution in [0.2, 0.25) is 0 Å². The molecule has 1 amide bonds. The van der Waals surface area contributed by atoms with Crippen LogP contribution in [0, 0.1) is 10.1 Å². The predicted octanol–water partition coefficient (Wildman–Crippen LogP) is 4.07. The molecule has 0 unspecified atom stereocenters. The molecule has 1 aliphatic rings. The van der Waals surface area contributed by atoms with Gasteiger partial charge in [-0.1, -0.05) is 6.07 Å². The molecule has 2 N–H and O–H groups in total. The minimum absolute atomic E-state index is 0.0156. The van der Waals surface area contributed by atoms with E-state index in [9.17, 15) is 19.7 Å². The van der Waals surface area contributed by atoms with E-state index in [-0.39, 0.29) is 23.7 Å². The summed E-state index contributed by atoms with van der Waals surface area (Å²) in [4.78, 5) is 40.0. The van der Waals surface area contributed by atoms with Gasteiger partial charge in [-0.25, -0.2) is 14.5 Å². The van der Waals surface area contributed by atoms with Crippen molar-refractivity contribution in [1.29, 1.82) is 0 Å².